The molecule has 0 amide bonds. The molecule has 0 bridgehead atoms. The Hall–Kier alpha value is -2.01. The highest BCUT2D eigenvalue weighted by atomic mass is 19.1. The number of nitrogens with zero attached hydrogens (tertiary/aromatic N) is 1. The summed E-state index contributed by atoms with van der Waals surface area (Å²) in [5, 5.41) is 11.1. The van der Waals surface area contributed by atoms with E-state index >= 15 is 0 Å². The first kappa shape index (κ1) is 16.8. The van der Waals surface area contributed by atoms with E-state index < -0.39 is 5.79 Å². The van der Waals surface area contributed by atoms with Crippen LogP contribution in [0.25, 0.3) is 0 Å². The van der Waals surface area contributed by atoms with E-state index in [9.17, 15) is 9.50 Å². The maximum atomic E-state index is 13.3. The summed E-state index contributed by atoms with van der Waals surface area (Å²) in [7, 11) is 0. The van der Waals surface area contributed by atoms with Crippen LogP contribution in [0.15, 0.2) is 67.3 Å². The fraction of sp³-hybridized carbons (Fsp3) is 0.300. The Balaban J connectivity index is 1.95. The zero-order chi connectivity index (χ0) is 17.0. The van der Waals surface area contributed by atoms with Gasteiger partial charge in [0.25, 0.3) is 0 Å². The van der Waals surface area contributed by atoms with Gasteiger partial charge < -0.3 is 9.84 Å². The normalized spacial score (nSPS) is 24.7. The number of morpholine rings is 1. The smallest absolute Gasteiger partial charge is 0.189 e. The third-order valence-corrected chi connectivity index (χ3v) is 4.37. The highest BCUT2D eigenvalue weighted by molar-refractivity contribution is 5.24. The van der Waals surface area contributed by atoms with Gasteiger partial charge in [-0.3, -0.25) is 4.90 Å². The minimum absolute atomic E-state index is 0.294. The van der Waals surface area contributed by atoms with Crippen LogP contribution >= 0.6 is 0 Å². The molecule has 2 aromatic carbocycles. The van der Waals surface area contributed by atoms with Gasteiger partial charge in [0.15, 0.2) is 5.79 Å². The summed E-state index contributed by atoms with van der Waals surface area (Å²) in [5.41, 5.74) is 1.99. The molecule has 0 unspecified atom stereocenters. The van der Waals surface area contributed by atoms with Gasteiger partial charge in [0, 0.05) is 19.5 Å². The Morgan fingerprint density at radius 2 is 1.92 bits per heavy atom. The van der Waals surface area contributed by atoms with Gasteiger partial charge in [-0.2, -0.15) is 0 Å². The van der Waals surface area contributed by atoms with Gasteiger partial charge >= 0.3 is 0 Å². The molecule has 0 spiro atoms. The van der Waals surface area contributed by atoms with Crippen LogP contribution in [0, 0.1) is 5.82 Å². The summed E-state index contributed by atoms with van der Waals surface area (Å²) < 4.78 is 19.0. The number of rotatable bonds is 5. The highest BCUT2D eigenvalue weighted by Gasteiger charge is 2.44. The third kappa shape index (κ3) is 3.56. The van der Waals surface area contributed by atoms with Crippen molar-refractivity contribution in [1.82, 2.24) is 4.90 Å². The molecular formula is C20H22FNO2. The first-order valence-corrected chi connectivity index (χ1v) is 8.13. The quantitative estimate of drug-likeness (QED) is 0.851. The van der Waals surface area contributed by atoms with Crippen molar-refractivity contribution >= 4 is 0 Å². The van der Waals surface area contributed by atoms with Crippen molar-refractivity contribution in [3.05, 3.63) is 84.2 Å². The first-order chi connectivity index (χ1) is 11.6. The van der Waals surface area contributed by atoms with E-state index in [1.54, 1.807) is 18.2 Å². The second-order valence-electron chi connectivity index (χ2n) is 6.10. The van der Waals surface area contributed by atoms with Crippen molar-refractivity contribution in [2.24, 2.45) is 0 Å². The summed E-state index contributed by atoms with van der Waals surface area (Å²) in [4.78, 5) is 2.18. The van der Waals surface area contributed by atoms with Crippen molar-refractivity contribution in [3.8, 4) is 0 Å². The number of benzene rings is 2. The minimum atomic E-state index is -1.37. The minimum Gasteiger partial charge on any atom is -0.364 e. The molecule has 3 rings (SSSR count). The molecule has 1 heterocycles. The lowest BCUT2D eigenvalue weighted by molar-refractivity contribution is -0.271. The van der Waals surface area contributed by atoms with E-state index in [4.69, 9.17) is 4.74 Å². The van der Waals surface area contributed by atoms with E-state index in [0.29, 0.717) is 26.1 Å². The second-order valence-corrected chi connectivity index (χ2v) is 6.10. The van der Waals surface area contributed by atoms with Crippen molar-refractivity contribution in [2.75, 3.05) is 13.2 Å². The molecule has 126 valence electrons. The fourth-order valence-corrected chi connectivity index (χ4v) is 3.31. The lowest BCUT2D eigenvalue weighted by atomic mass is 9.92. The second kappa shape index (κ2) is 7.26. The molecule has 1 N–H and O–H groups in total. The Morgan fingerprint density at radius 1 is 1.21 bits per heavy atom. The first-order valence-electron chi connectivity index (χ1n) is 8.13. The molecule has 2 atom stereocenters. The molecule has 1 saturated heterocycles. The number of hydrogen-bond acceptors (Lipinski definition) is 3. The molecule has 0 aromatic heterocycles. The van der Waals surface area contributed by atoms with Gasteiger partial charge in [-0.1, -0.05) is 48.5 Å². The number of aliphatic hydroxyl groups is 1. The number of hydrogen-bond donors (Lipinski definition) is 1. The van der Waals surface area contributed by atoms with E-state index in [1.807, 2.05) is 18.2 Å². The number of halogens is 1. The topological polar surface area (TPSA) is 32.7 Å². The average Bonchev–Trinajstić information content (AvgIpc) is 2.57. The highest BCUT2D eigenvalue weighted by Crippen LogP contribution is 2.39. The van der Waals surface area contributed by atoms with E-state index in [2.05, 4.69) is 23.6 Å². The lowest BCUT2D eigenvalue weighted by Gasteiger charge is -2.46. The Kier molecular flexibility index (Phi) is 5.09. The van der Waals surface area contributed by atoms with Gasteiger partial charge in [-0.25, -0.2) is 4.39 Å². The van der Waals surface area contributed by atoms with Crippen LogP contribution in [0.4, 0.5) is 4.39 Å². The predicted molar refractivity (Wildman–Crippen MR) is 91.7 cm³/mol. The van der Waals surface area contributed by atoms with Gasteiger partial charge in [0.05, 0.1) is 12.6 Å². The van der Waals surface area contributed by atoms with Gasteiger partial charge in [0.1, 0.15) is 5.82 Å². The predicted octanol–water partition coefficient (Wildman–Crippen LogP) is 3.66. The zero-order valence-corrected chi connectivity index (χ0v) is 13.6. The number of ether oxygens (including phenoxy) is 1. The largest absolute Gasteiger partial charge is 0.364 e. The fourth-order valence-electron chi connectivity index (χ4n) is 3.31. The van der Waals surface area contributed by atoms with Gasteiger partial charge in [-0.15, -0.1) is 6.58 Å². The van der Waals surface area contributed by atoms with Crippen LogP contribution in [0.1, 0.15) is 23.6 Å². The van der Waals surface area contributed by atoms with Crippen LogP contribution in [0.5, 0.6) is 0 Å². The molecule has 1 aliphatic rings. The van der Waals surface area contributed by atoms with E-state index in [0.717, 1.165) is 11.1 Å². The molecule has 0 radical (unpaired) electrons. The summed E-state index contributed by atoms with van der Waals surface area (Å²) in [5.74, 6) is -1.66. The van der Waals surface area contributed by atoms with E-state index in [1.165, 1.54) is 12.1 Å². The van der Waals surface area contributed by atoms with Crippen molar-refractivity contribution in [3.63, 3.8) is 0 Å². The van der Waals surface area contributed by atoms with Crippen LogP contribution in [0.2, 0.25) is 0 Å². The molecule has 2 aromatic rings. The summed E-state index contributed by atoms with van der Waals surface area (Å²) in [6, 6.07) is 16.0. The molecule has 0 saturated carbocycles. The van der Waals surface area contributed by atoms with Gasteiger partial charge in [0.2, 0.25) is 0 Å². The monoisotopic (exact) mass is 327 g/mol. The summed E-state index contributed by atoms with van der Waals surface area (Å²) in [6.07, 6.45) is 1.96. The summed E-state index contributed by atoms with van der Waals surface area (Å²) >= 11 is 0. The molecule has 0 aliphatic carbocycles. The Morgan fingerprint density at radius 3 is 2.58 bits per heavy atom. The average molecular weight is 327 g/mol. The van der Waals surface area contributed by atoms with Crippen LogP contribution in [0.3, 0.4) is 0 Å². The standard InChI is InChI=1S/C20H22FNO2/c1-2-12-20(23)19(17-8-10-18(21)11-9-17)22(13-14-24-20)15-16-6-4-3-5-7-16/h2-11,19,23H,1,12-15H2/t19-,20+/m0/s1. The van der Waals surface area contributed by atoms with Crippen molar-refractivity contribution in [1.29, 1.82) is 0 Å². The van der Waals surface area contributed by atoms with Crippen molar-refractivity contribution < 1.29 is 14.2 Å². The van der Waals surface area contributed by atoms with E-state index in [-0.39, 0.29) is 11.9 Å². The zero-order valence-electron chi connectivity index (χ0n) is 13.6. The SMILES string of the molecule is C=CC[C@@]1(O)OCCN(Cc2ccccc2)[C@H]1c1ccc(F)cc1. The third-order valence-electron chi connectivity index (χ3n) is 4.37. The molecular weight excluding hydrogens is 305 g/mol. The molecule has 1 fully saturated rings. The van der Waals surface area contributed by atoms with Gasteiger partial charge in [-0.05, 0) is 23.3 Å². The molecule has 24 heavy (non-hydrogen) atoms. The summed E-state index contributed by atoms with van der Waals surface area (Å²) in [6.45, 7) is 5.55. The maximum absolute atomic E-state index is 13.3. The van der Waals surface area contributed by atoms with Crippen LogP contribution < -0.4 is 0 Å². The Bertz CT molecular complexity index is 674. The molecule has 4 heteroatoms. The lowest BCUT2D eigenvalue weighted by Crippen LogP contribution is -2.53. The van der Waals surface area contributed by atoms with Crippen LogP contribution in [-0.4, -0.2) is 28.9 Å². The van der Waals surface area contributed by atoms with Crippen molar-refractivity contribution in [2.45, 2.75) is 24.8 Å². The molecule has 3 nitrogen and oxygen atoms in total. The van der Waals surface area contributed by atoms with Crippen LogP contribution in [-0.2, 0) is 11.3 Å². The maximum Gasteiger partial charge on any atom is 0.189 e. The molecule has 1 aliphatic heterocycles. The Labute approximate surface area is 142 Å².